The van der Waals surface area contributed by atoms with Gasteiger partial charge in [-0.15, -0.1) is 0 Å². The molecule has 5 heteroatoms. The van der Waals surface area contributed by atoms with Crippen molar-refractivity contribution in [3.8, 4) is 5.75 Å². The largest absolute Gasteiger partial charge is 0.497 e. The van der Waals surface area contributed by atoms with Gasteiger partial charge < -0.3 is 10.1 Å². The van der Waals surface area contributed by atoms with Crippen LogP contribution in [0.4, 0.5) is 5.69 Å². The van der Waals surface area contributed by atoms with Crippen molar-refractivity contribution in [3.05, 3.63) is 106 Å². The molecule has 3 aromatic rings. The summed E-state index contributed by atoms with van der Waals surface area (Å²) in [4.78, 5) is 25.8. The number of methoxy groups -OCH3 is 1. The molecule has 1 amide bonds. The number of hydrogen-bond donors (Lipinski definition) is 1. The van der Waals surface area contributed by atoms with Gasteiger partial charge in [0.1, 0.15) is 11.2 Å². The van der Waals surface area contributed by atoms with Gasteiger partial charge in [-0.25, -0.2) is 0 Å². The molecule has 0 unspecified atom stereocenters. The zero-order valence-corrected chi connectivity index (χ0v) is 18.7. The van der Waals surface area contributed by atoms with Crippen LogP contribution in [0.5, 0.6) is 5.75 Å². The van der Waals surface area contributed by atoms with Gasteiger partial charge in [0.2, 0.25) is 5.91 Å². The Morgan fingerprint density at radius 1 is 1.03 bits per heavy atom. The maximum atomic E-state index is 13.2. The molecule has 1 N–H and O–H groups in total. The van der Waals surface area contributed by atoms with Crippen molar-refractivity contribution in [3.63, 3.8) is 0 Å². The highest BCUT2D eigenvalue weighted by Crippen LogP contribution is 2.46. The molecule has 156 valence electrons. The minimum absolute atomic E-state index is 0.0201. The van der Waals surface area contributed by atoms with Gasteiger partial charge in [-0.2, -0.15) is 0 Å². The minimum Gasteiger partial charge on any atom is -0.497 e. The van der Waals surface area contributed by atoms with Gasteiger partial charge in [-0.1, -0.05) is 58.4 Å². The lowest BCUT2D eigenvalue weighted by Crippen LogP contribution is -2.35. The molecule has 0 saturated heterocycles. The zero-order chi connectivity index (χ0) is 21.8. The van der Waals surface area contributed by atoms with E-state index >= 15 is 0 Å². The van der Waals surface area contributed by atoms with E-state index in [1.807, 2.05) is 60.7 Å². The molecule has 1 heterocycles. The number of allylic oxidation sites excluding steroid dienone is 2. The van der Waals surface area contributed by atoms with E-state index in [9.17, 15) is 9.59 Å². The summed E-state index contributed by atoms with van der Waals surface area (Å²) in [5, 5.41) is 3.03. The maximum Gasteiger partial charge on any atom is 0.239 e. The Labute approximate surface area is 190 Å². The first-order valence-corrected chi connectivity index (χ1v) is 10.8. The third-order valence-corrected chi connectivity index (χ3v) is 6.14. The van der Waals surface area contributed by atoms with Crippen LogP contribution in [0, 0.1) is 0 Å². The van der Waals surface area contributed by atoms with Crippen molar-refractivity contribution < 1.29 is 14.3 Å². The van der Waals surface area contributed by atoms with Gasteiger partial charge >= 0.3 is 0 Å². The van der Waals surface area contributed by atoms with E-state index in [1.54, 1.807) is 31.4 Å². The zero-order valence-electron chi connectivity index (χ0n) is 17.1. The van der Waals surface area contributed by atoms with Gasteiger partial charge in [0.15, 0.2) is 5.78 Å². The lowest BCUT2D eigenvalue weighted by Gasteiger charge is -2.27. The summed E-state index contributed by atoms with van der Waals surface area (Å²) in [6.07, 6.45) is 4.51. The predicted molar refractivity (Wildman–Crippen MR) is 126 cm³/mol. The van der Waals surface area contributed by atoms with E-state index in [-0.39, 0.29) is 18.1 Å². The summed E-state index contributed by atoms with van der Waals surface area (Å²) in [6.45, 7) is 0. The lowest BCUT2D eigenvalue weighted by atomic mass is 9.73. The van der Waals surface area contributed by atoms with Crippen molar-refractivity contribution in [1.82, 2.24) is 0 Å². The van der Waals surface area contributed by atoms with Crippen molar-refractivity contribution >= 4 is 33.3 Å². The molecular formula is C26H22BrNO3. The average molecular weight is 476 g/mol. The second-order valence-corrected chi connectivity index (χ2v) is 8.36. The molecule has 1 atom stereocenters. The number of carbonyl (C=O) groups excluding carboxylic acids is 2. The fraction of sp³-hybridized carbons (Fsp3) is 0.154. The molecule has 1 aliphatic heterocycles. The van der Waals surface area contributed by atoms with Gasteiger partial charge in [0, 0.05) is 22.1 Å². The second-order valence-electron chi connectivity index (χ2n) is 7.45. The SMILES string of the molecule is COc1ccc(C(=O)C/C=C/C[C@@]2(c3cccc(Br)c3)C(=O)Nc3ccccc32)cc1. The standard InChI is InChI=1S/C26H22BrNO3/c1-31-21-14-12-18(13-15-21)24(29)11-4-5-16-26(19-7-6-8-20(27)17-19)22-9-2-3-10-23(22)28-25(26)30/h2-10,12-15,17H,11,16H2,1H3,(H,28,30)/b5-4+/t26-/m0/s1. The second kappa shape index (κ2) is 8.90. The highest BCUT2D eigenvalue weighted by Gasteiger charge is 2.47. The number of anilines is 1. The number of ether oxygens (including phenoxy) is 1. The van der Waals surface area contributed by atoms with E-state index in [4.69, 9.17) is 4.74 Å². The van der Waals surface area contributed by atoms with Crippen LogP contribution in [0.25, 0.3) is 0 Å². The Hall–Kier alpha value is -3.18. The first kappa shape index (κ1) is 21.1. The van der Waals surface area contributed by atoms with Gasteiger partial charge in [-0.3, -0.25) is 9.59 Å². The number of rotatable bonds is 7. The number of amides is 1. The monoisotopic (exact) mass is 475 g/mol. The Balaban J connectivity index is 1.59. The van der Waals surface area contributed by atoms with Crippen LogP contribution in [0.2, 0.25) is 0 Å². The molecular weight excluding hydrogens is 454 g/mol. The van der Waals surface area contributed by atoms with E-state index in [0.29, 0.717) is 17.7 Å². The molecule has 1 aliphatic rings. The van der Waals surface area contributed by atoms with Crippen molar-refractivity contribution in [2.75, 3.05) is 12.4 Å². The smallest absolute Gasteiger partial charge is 0.239 e. The molecule has 3 aromatic carbocycles. The number of hydrogen-bond acceptors (Lipinski definition) is 3. The van der Waals surface area contributed by atoms with Crippen LogP contribution in [0.15, 0.2) is 89.4 Å². The number of benzene rings is 3. The first-order chi connectivity index (χ1) is 15.0. The van der Waals surface area contributed by atoms with Crippen LogP contribution >= 0.6 is 15.9 Å². The number of fused-ring (bicyclic) bond motifs is 1. The number of para-hydroxylation sites is 1. The minimum atomic E-state index is -0.833. The number of halogens is 1. The topological polar surface area (TPSA) is 55.4 Å². The van der Waals surface area contributed by atoms with Crippen LogP contribution in [0.1, 0.15) is 34.3 Å². The van der Waals surface area contributed by atoms with Gasteiger partial charge in [0.05, 0.1) is 7.11 Å². The maximum absolute atomic E-state index is 13.2. The third kappa shape index (κ3) is 4.06. The number of carbonyl (C=O) groups is 2. The number of ketones is 1. The van der Waals surface area contributed by atoms with E-state index in [2.05, 4.69) is 21.2 Å². The summed E-state index contributed by atoms with van der Waals surface area (Å²) in [5.74, 6) is 0.679. The Morgan fingerprint density at radius 2 is 1.81 bits per heavy atom. The number of nitrogens with one attached hydrogen (secondary N) is 1. The molecule has 0 aromatic heterocycles. The van der Waals surface area contributed by atoms with Crippen molar-refractivity contribution in [2.45, 2.75) is 18.3 Å². The highest BCUT2D eigenvalue weighted by atomic mass is 79.9. The van der Waals surface area contributed by atoms with Crippen molar-refractivity contribution in [1.29, 1.82) is 0 Å². The van der Waals surface area contributed by atoms with E-state index < -0.39 is 5.41 Å². The summed E-state index contributed by atoms with van der Waals surface area (Å²) in [7, 11) is 1.60. The van der Waals surface area contributed by atoms with Gasteiger partial charge in [0.25, 0.3) is 0 Å². The Kier molecular flexibility index (Phi) is 6.05. The molecule has 0 bridgehead atoms. The summed E-state index contributed by atoms with van der Waals surface area (Å²) in [6, 6.07) is 22.7. The average Bonchev–Trinajstić information content (AvgIpc) is 3.08. The number of Topliss-reactive ketones (excluding diaryl/α,β-unsaturated/α-hetero) is 1. The fourth-order valence-electron chi connectivity index (χ4n) is 4.02. The van der Waals surface area contributed by atoms with Crippen molar-refractivity contribution in [2.24, 2.45) is 0 Å². The van der Waals surface area contributed by atoms with E-state index in [0.717, 1.165) is 21.3 Å². The summed E-state index contributed by atoms with van der Waals surface area (Å²) >= 11 is 3.53. The molecule has 0 aliphatic carbocycles. The summed E-state index contributed by atoms with van der Waals surface area (Å²) < 4.78 is 6.06. The predicted octanol–water partition coefficient (Wildman–Crippen LogP) is 5.92. The van der Waals surface area contributed by atoms with Gasteiger partial charge in [-0.05, 0) is 60.0 Å². The molecule has 0 spiro atoms. The molecule has 31 heavy (non-hydrogen) atoms. The highest BCUT2D eigenvalue weighted by molar-refractivity contribution is 9.10. The van der Waals surface area contributed by atoms with E-state index in [1.165, 1.54) is 0 Å². The Morgan fingerprint density at radius 3 is 2.55 bits per heavy atom. The normalized spacial score (nSPS) is 17.4. The van der Waals surface area contributed by atoms with Crippen LogP contribution < -0.4 is 10.1 Å². The van der Waals surface area contributed by atoms with Crippen LogP contribution in [0.3, 0.4) is 0 Å². The molecule has 0 saturated carbocycles. The molecule has 0 fully saturated rings. The molecule has 4 nitrogen and oxygen atoms in total. The molecule has 0 radical (unpaired) electrons. The van der Waals surface area contributed by atoms with Crippen LogP contribution in [-0.2, 0) is 10.2 Å². The lowest BCUT2D eigenvalue weighted by molar-refractivity contribution is -0.119. The molecule has 4 rings (SSSR count). The fourth-order valence-corrected chi connectivity index (χ4v) is 4.42. The quantitative estimate of drug-likeness (QED) is 0.341. The first-order valence-electron chi connectivity index (χ1n) is 10.0. The van der Waals surface area contributed by atoms with Crippen LogP contribution in [-0.4, -0.2) is 18.8 Å². The summed E-state index contributed by atoms with van der Waals surface area (Å²) in [5.41, 5.74) is 2.49. The Bertz CT molecular complexity index is 1150. The third-order valence-electron chi connectivity index (χ3n) is 5.65.